The van der Waals surface area contributed by atoms with E-state index >= 15 is 0 Å². The highest BCUT2D eigenvalue weighted by Crippen LogP contribution is 2.45. The van der Waals surface area contributed by atoms with E-state index in [1.54, 1.807) is 0 Å². The fourth-order valence-corrected chi connectivity index (χ4v) is 6.45. The van der Waals surface area contributed by atoms with Gasteiger partial charge in [-0.3, -0.25) is 9.63 Å². The zero-order valence-corrected chi connectivity index (χ0v) is 28.8. The predicted octanol–water partition coefficient (Wildman–Crippen LogP) is 6.83. The van der Waals surface area contributed by atoms with Gasteiger partial charge >= 0.3 is 12.2 Å². The SMILES string of the molecule is CCC(C=O)NC(=O)OCC1c2ccccc2-c2ccccc21.CCC(NC(=O)OCC1c2ccccc2-c2ccccc21)C(=O)N(C)OC. The minimum Gasteiger partial charge on any atom is -0.449 e. The monoisotopic (exact) mass is 677 g/mol. The summed E-state index contributed by atoms with van der Waals surface area (Å²) in [4.78, 5) is 52.0. The van der Waals surface area contributed by atoms with Gasteiger partial charge in [0, 0.05) is 18.9 Å². The third-order valence-corrected chi connectivity index (χ3v) is 9.18. The molecule has 2 atom stereocenters. The summed E-state index contributed by atoms with van der Waals surface area (Å²) >= 11 is 0. The van der Waals surface area contributed by atoms with Gasteiger partial charge < -0.3 is 24.9 Å². The average Bonchev–Trinajstić information content (AvgIpc) is 3.66. The lowest BCUT2D eigenvalue weighted by atomic mass is 9.98. The van der Waals surface area contributed by atoms with Crippen molar-refractivity contribution in [1.82, 2.24) is 15.7 Å². The van der Waals surface area contributed by atoms with Crippen LogP contribution in [0.5, 0.6) is 0 Å². The van der Waals surface area contributed by atoms with Crippen LogP contribution in [0.2, 0.25) is 0 Å². The zero-order valence-electron chi connectivity index (χ0n) is 28.8. The van der Waals surface area contributed by atoms with Gasteiger partial charge in [-0.15, -0.1) is 0 Å². The van der Waals surface area contributed by atoms with Crippen molar-refractivity contribution < 1.29 is 33.5 Å². The molecule has 10 heteroatoms. The van der Waals surface area contributed by atoms with Crippen molar-refractivity contribution in [3.63, 3.8) is 0 Å². The first-order valence-corrected chi connectivity index (χ1v) is 16.8. The van der Waals surface area contributed by atoms with Crippen LogP contribution in [0.1, 0.15) is 60.8 Å². The molecule has 10 nitrogen and oxygen atoms in total. The molecule has 2 N–H and O–H groups in total. The maximum atomic E-state index is 12.3. The Morgan fingerprint density at radius 3 is 1.38 bits per heavy atom. The van der Waals surface area contributed by atoms with E-state index in [-0.39, 0.29) is 31.0 Å². The lowest BCUT2D eigenvalue weighted by molar-refractivity contribution is -0.171. The lowest BCUT2D eigenvalue weighted by Crippen LogP contribution is -2.47. The van der Waals surface area contributed by atoms with Crippen molar-refractivity contribution in [3.8, 4) is 22.3 Å². The number of nitrogens with one attached hydrogen (secondary N) is 2. The normalized spacial score (nSPS) is 13.6. The van der Waals surface area contributed by atoms with Gasteiger partial charge in [0.15, 0.2) is 0 Å². The third kappa shape index (κ3) is 7.87. The molecule has 50 heavy (non-hydrogen) atoms. The Labute approximate surface area is 292 Å². The van der Waals surface area contributed by atoms with E-state index in [2.05, 4.69) is 59.2 Å². The van der Waals surface area contributed by atoms with Crippen molar-refractivity contribution in [2.24, 2.45) is 0 Å². The number of alkyl carbamates (subject to hydrolysis) is 2. The van der Waals surface area contributed by atoms with Crippen molar-refractivity contribution in [2.45, 2.75) is 50.6 Å². The van der Waals surface area contributed by atoms with E-state index in [1.807, 2.05) is 62.4 Å². The molecule has 0 bridgehead atoms. The smallest absolute Gasteiger partial charge is 0.407 e. The first kappa shape index (κ1) is 35.8. The highest BCUT2D eigenvalue weighted by molar-refractivity contribution is 5.85. The molecule has 6 rings (SSSR count). The summed E-state index contributed by atoms with van der Waals surface area (Å²) in [6.07, 6.45) is 0.554. The Morgan fingerprint density at radius 2 is 1.04 bits per heavy atom. The minimum atomic E-state index is -0.689. The van der Waals surface area contributed by atoms with Crippen LogP contribution in [0.25, 0.3) is 22.3 Å². The molecule has 0 saturated carbocycles. The van der Waals surface area contributed by atoms with E-state index < -0.39 is 24.3 Å². The highest BCUT2D eigenvalue weighted by Gasteiger charge is 2.31. The molecular weight excluding hydrogens is 634 g/mol. The third-order valence-electron chi connectivity index (χ3n) is 9.18. The molecule has 2 aliphatic carbocycles. The van der Waals surface area contributed by atoms with Crippen LogP contribution in [-0.2, 0) is 23.9 Å². The number of nitrogens with zero attached hydrogens (tertiary/aromatic N) is 1. The van der Waals surface area contributed by atoms with Crippen molar-refractivity contribution >= 4 is 24.4 Å². The molecule has 4 aromatic rings. The topological polar surface area (TPSA) is 123 Å². The molecule has 0 radical (unpaired) electrons. The summed E-state index contributed by atoms with van der Waals surface area (Å²) in [5.41, 5.74) is 9.36. The van der Waals surface area contributed by atoms with Crippen LogP contribution in [0.3, 0.4) is 0 Å². The summed E-state index contributed by atoms with van der Waals surface area (Å²) in [6, 6.07) is 31.5. The van der Waals surface area contributed by atoms with Crippen molar-refractivity contribution in [3.05, 3.63) is 119 Å². The quantitative estimate of drug-likeness (QED) is 0.132. The number of rotatable bonds is 11. The fraction of sp³-hybridized carbons (Fsp3) is 0.300. The highest BCUT2D eigenvalue weighted by atomic mass is 16.7. The number of hydroxylamine groups is 2. The Bertz CT molecular complexity index is 1740. The summed E-state index contributed by atoms with van der Waals surface area (Å²) in [5.74, 6) is -0.307. The lowest BCUT2D eigenvalue weighted by Gasteiger charge is -2.22. The van der Waals surface area contributed by atoms with E-state index in [0.717, 1.165) is 22.5 Å². The summed E-state index contributed by atoms with van der Waals surface area (Å²) in [5, 5.41) is 6.28. The average molecular weight is 678 g/mol. The maximum Gasteiger partial charge on any atom is 0.407 e. The van der Waals surface area contributed by atoms with Gasteiger partial charge in [0.05, 0.1) is 13.2 Å². The number of fused-ring (bicyclic) bond motifs is 6. The van der Waals surface area contributed by atoms with E-state index in [0.29, 0.717) is 12.8 Å². The molecule has 0 aliphatic heterocycles. The van der Waals surface area contributed by atoms with E-state index in [1.165, 1.54) is 47.5 Å². The largest absolute Gasteiger partial charge is 0.449 e. The molecule has 2 aliphatic rings. The second-order valence-corrected chi connectivity index (χ2v) is 12.1. The molecule has 0 aromatic heterocycles. The number of likely N-dealkylation sites (N-methyl/N-ethyl adjacent to an activating group) is 1. The number of benzene rings is 4. The van der Waals surface area contributed by atoms with Gasteiger partial charge in [0.1, 0.15) is 25.5 Å². The molecule has 4 aromatic carbocycles. The molecule has 3 amide bonds. The van der Waals surface area contributed by atoms with Gasteiger partial charge in [0.25, 0.3) is 5.91 Å². The molecule has 2 unspecified atom stereocenters. The van der Waals surface area contributed by atoms with E-state index in [4.69, 9.17) is 14.3 Å². The van der Waals surface area contributed by atoms with Crippen LogP contribution in [0, 0.1) is 0 Å². The molecule has 260 valence electrons. The Hall–Kier alpha value is -5.48. The van der Waals surface area contributed by atoms with Gasteiger partial charge in [0.2, 0.25) is 0 Å². The van der Waals surface area contributed by atoms with E-state index in [9.17, 15) is 19.2 Å². The van der Waals surface area contributed by atoms with Crippen LogP contribution in [0.4, 0.5) is 9.59 Å². The minimum absolute atomic E-state index is 0.0134. The maximum absolute atomic E-state index is 12.3. The number of aldehydes is 1. The van der Waals surface area contributed by atoms with Gasteiger partial charge in [-0.05, 0) is 57.3 Å². The zero-order chi connectivity index (χ0) is 35.6. The second-order valence-electron chi connectivity index (χ2n) is 12.1. The molecule has 0 saturated heterocycles. The standard InChI is InChI=1S/C21H24N2O4.C19H19NO3/c1-4-19(20(24)23(2)26-3)22-21(25)27-13-18-16-11-7-5-9-14(16)15-10-6-8-12-17(15)18;1-2-13(11-21)20-19(22)23-12-18-16-9-5-3-7-14(16)15-8-4-6-10-17(15)18/h5-12,18-19H,4,13H2,1-3H3,(H,22,25);3-11,13,18H,2,12H2,1H3,(H,20,22). The first-order valence-electron chi connectivity index (χ1n) is 16.8. The van der Waals surface area contributed by atoms with Crippen LogP contribution in [0.15, 0.2) is 97.1 Å². The predicted molar refractivity (Wildman–Crippen MR) is 190 cm³/mol. The Morgan fingerprint density at radius 1 is 0.660 bits per heavy atom. The first-order chi connectivity index (χ1) is 24.3. The van der Waals surface area contributed by atoms with Crippen LogP contribution < -0.4 is 10.6 Å². The van der Waals surface area contributed by atoms with Gasteiger partial charge in [-0.25, -0.2) is 14.7 Å². The fourth-order valence-electron chi connectivity index (χ4n) is 6.45. The summed E-state index contributed by atoms with van der Waals surface area (Å²) < 4.78 is 10.8. The number of ether oxygens (including phenoxy) is 2. The number of hydrogen-bond acceptors (Lipinski definition) is 7. The molecule has 0 heterocycles. The summed E-state index contributed by atoms with van der Waals surface area (Å²) in [6.45, 7) is 4.12. The molecule has 0 spiro atoms. The van der Waals surface area contributed by atoms with Crippen molar-refractivity contribution in [1.29, 1.82) is 0 Å². The van der Waals surface area contributed by atoms with Gasteiger partial charge in [-0.1, -0.05) is 111 Å². The van der Waals surface area contributed by atoms with Crippen LogP contribution >= 0.6 is 0 Å². The number of hydrogen-bond donors (Lipinski definition) is 2. The molecular formula is C40H43N3O7. The van der Waals surface area contributed by atoms with Crippen molar-refractivity contribution in [2.75, 3.05) is 27.4 Å². The Balaban J connectivity index is 0.000000197. The number of amides is 3. The second kappa shape index (κ2) is 16.8. The Kier molecular flexibility index (Phi) is 12.0. The number of carbonyl (C=O) groups is 4. The molecule has 0 fully saturated rings. The van der Waals surface area contributed by atoms with Gasteiger partial charge in [-0.2, -0.15) is 0 Å². The summed E-state index contributed by atoms with van der Waals surface area (Å²) in [7, 11) is 2.91. The van der Waals surface area contributed by atoms with Crippen LogP contribution in [-0.4, -0.2) is 68.9 Å². The number of carbonyl (C=O) groups excluding carboxylic acids is 4.